The fourth-order valence-electron chi connectivity index (χ4n) is 3.57. The molecule has 0 spiro atoms. The molecule has 1 aromatic rings. The van der Waals surface area contributed by atoms with Gasteiger partial charge in [0.15, 0.2) is 0 Å². The summed E-state index contributed by atoms with van der Waals surface area (Å²) in [4.78, 5) is 0. The maximum atomic E-state index is 12.2. The summed E-state index contributed by atoms with van der Waals surface area (Å²) in [5.74, 6) is 1.44. The number of rotatable bonds is 4. The molecule has 0 aliphatic heterocycles. The first kappa shape index (κ1) is 13.1. The summed E-state index contributed by atoms with van der Waals surface area (Å²) in [6.07, 6.45) is 4.75. The lowest BCUT2D eigenvalue weighted by atomic mass is 9.96. The quantitative estimate of drug-likeness (QED) is 0.921. The van der Waals surface area contributed by atoms with Gasteiger partial charge in [0.05, 0.1) is 5.75 Å². The first-order valence-corrected chi connectivity index (χ1v) is 8.72. The van der Waals surface area contributed by atoms with Crippen LogP contribution >= 0.6 is 0 Å². The smallest absolute Gasteiger partial charge is 0.212 e. The number of benzene rings is 1. The van der Waals surface area contributed by atoms with E-state index in [4.69, 9.17) is 0 Å². The molecule has 1 N–H and O–H groups in total. The monoisotopic (exact) mass is 279 g/mol. The van der Waals surface area contributed by atoms with E-state index in [9.17, 15) is 8.42 Å². The van der Waals surface area contributed by atoms with E-state index in [1.807, 2.05) is 31.2 Å². The van der Waals surface area contributed by atoms with Crippen molar-refractivity contribution in [3.05, 3.63) is 35.4 Å². The highest BCUT2D eigenvalue weighted by Crippen LogP contribution is 2.44. The van der Waals surface area contributed by atoms with Crippen molar-refractivity contribution >= 4 is 10.0 Å². The maximum Gasteiger partial charge on any atom is 0.216 e. The van der Waals surface area contributed by atoms with E-state index in [0.717, 1.165) is 23.5 Å². The van der Waals surface area contributed by atoms with Crippen LogP contribution in [-0.2, 0) is 15.8 Å². The summed E-state index contributed by atoms with van der Waals surface area (Å²) in [7, 11) is -3.20. The molecule has 2 saturated carbocycles. The zero-order chi connectivity index (χ0) is 13.5. The van der Waals surface area contributed by atoms with Crippen LogP contribution in [0.3, 0.4) is 0 Å². The minimum absolute atomic E-state index is 0.0984. The topological polar surface area (TPSA) is 46.2 Å². The predicted octanol–water partition coefficient (Wildman–Crippen LogP) is 2.60. The number of fused-ring (bicyclic) bond motifs is 2. The average Bonchev–Trinajstić information content (AvgIpc) is 2.93. The van der Waals surface area contributed by atoms with E-state index in [2.05, 4.69) is 4.72 Å². The Balaban J connectivity index is 1.64. The zero-order valence-electron chi connectivity index (χ0n) is 11.3. The molecule has 3 nitrogen and oxygen atoms in total. The van der Waals surface area contributed by atoms with Gasteiger partial charge in [0.2, 0.25) is 10.0 Å². The molecule has 1 aromatic carbocycles. The Morgan fingerprint density at radius 3 is 2.47 bits per heavy atom. The number of hydrogen-bond donors (Lipinski definition) is 1. The lowest BCUT2D eigenvalue weighted by Gasteiger charge is -2.22. The third-order valence-electron chi connectivity index (χ3n) is 4.55. The number of aryl methyl sites for hydroxylation is 1. The Bertz CT molecular complexity index is 550. The van der Waals surface area contributed by atoms with Crippen LogP contribution in [-0.4, -0.2) is 14.5 Å². The normalized spacial score (nSPS) is 29.8. The summed E-state index contributed by atoms with van der Waals surface area (Å²) in [5.41, 5.74) is 2.02. The summed E-state index contributed by atoms with van der Waals surface area (Å²) in [6, 6.07) is 7.91. The number of hydrogen-bond acceptors (Lipinski definition) is 2. The largest absolute Gasteiger partial charge is 0.216 e. The first-order valence-electron chi connectivity index (χ1n) is 7.07. The Morgan fingerprint density at radius 1 is 1.16 bits per heavy atom. The van der Waals surface area contributed by atoms with Gasteiger partial charge in [-0.05, 0) is 43.6 Å². The van der Waals surface area contributed by atoms with Crippen LogP contribution in [0, 0.1) is 18.8 Å². The van der Waals surface area contributed by atoms with E-state index in [1.54, 1.807) is 0 Å². The summed E-state index contributed by atoms with van der Waals surface area (Å²) < 4.78 is 27.3. The van der Waals surface area contributed by atoms with Gasteiger partial charge in [-0.2, -0.15) is 0 Å². The third-order valence-corrected chi connectivity index (χ3v) is 5.92. The lowest BCUT2D eigenvalue weighted by Crippen LogP contribution is -2.39. The van der Waals surface area contributed by atoms with Crippen molar-refractivity contribution in [3.63, 3.8) is 0 Å². The van der Waals surface area contributed by atoms with Crippen molar-refractivity contribution < 1.29 is 8.42 Å². The van der Waals surface area contributed by atoms with Crippen LogP contribution < -0.4 is 4.72 Å². The van der Waals surface area contributed by atoms with Crippen molar-refractivity contribution in [2.75, 3.05) is 0 Å². The van der Waals surface area contributed by atoms with E-state index in [0.29, 0.717) is 5.92 Å². The third kappa shape index (κ3) is 3.00. The highest BCUT2D eigenvalue weighted by atomic mass is 32.2. The van der Waals surface area contributed by atoms with Crippen molar-refractivity contribution in [3.8, 4) is 0 Å². The second-order valence-electron chi connectivity index (χ2n) is 6.14. The van der Waals surface area contributed by atoms with Crippen molar-refractivity contribution in [1.29, 1.82) is 0 Å². The second-order valence-corrected chi connectivity index (χ2v) is 7.90. The molecule has 3 rings (SSSR count). The fourth-order valence-corrected chi connectivity index (χ4v) is 5.03. The van der Waals surface area contributed by atoms with Crippen molar-refractivity contribution in [2.24, 2.45) is 11.8 Å². The SMILES string of the molecule is Cc1ccc(CS(=O)(=O)N[C@H]2C[C@H]3CC[C@@H]2C3)cc1. The molecule has 104 valence electrons. The van der Waals surface area contributed by atoms with Crippen LogP contribution in [0.15, 0.2) is 24.3 Å². The van der Waals surface area contributed by atoms with E-state index in [1.165, 1.54) is 19.3 Å². The van der Waals surface area contributed by atoms with Gasteiger partial charge in [0, 0.05) is 6.04 Å². The molecule has 0 aromatic heterocycles. The van der Waals surface area contributed by atoms with Gasteiger partial charge in [-0.1, -0.05) is 36.2 Å². The molecular formula is C15H21NO2S. The van der Waals surface area contributed by atoms with Crippen LogP contribution in [0.4, 0.5) is 0 Å². The molecule has 0 unspecified atom stereocenters. The minimum Gasteiger partial charge on any atom is -0.212 e. The van der Waals surface area contributed by atoms with Crippen LogP contribution in [0.5, 0.6) is 0 Å². The van der Waals surface area contributed by atoms with E-state index < -0.39 is 10.0 Å². The molecule has 19 heavy (non-hydrogen) atoms. The molecular weight excluding hydrogens is 258 g/mol. The van der Waals surface area contributed by atoms with Crippen LogP contribution in [0.25, 0.3) is 0 Å². The lowest BCUT2D eigenvalue weighted by molar-refractivity contribution is 0.390. The highest BCUT2D eigenvalue weighted by molar-refractivity contribution is 7.88. The molecule has 2 fully saturated rings. The summed E-state index contributed by atoms with van der Waals surface area (Å²) in [6.45, 7) is 2.01. The fraction of sp³-hybridized carbons (Fsp3) is 0.600. The second kappa shape index (κ2) is 4.91. The number of sulfonamides is 1. The van der Waals surface area contributed by atoms with Gasteiger partial charge in [-0.25, -0.2) is 13.1 Å². The average molecular weight is 279 g/mol. The molecule has 4 heteroatoms. The molecule has 0 heterocycles. The zero-order valence-corrected chi connectivity index (χ0v) is 12.1. The van der Waals surface area contributed by atoms with Gasteiger partial charge in [-0.3, -0.25) is 0 Å². The Labute approximate surface area is 115 Å². The van der Waals surface area contributed by atoms with Crippen LogP contribution in [0.2, 0.25) is 0 Å². The molecule has 0 radical (unpaired) electrons. The summed E-state index contributed by atoms with van der Waals surface area (Å²) in [5, 5.41) is 0. The highest BCUT2D eigenvalue weighted by Gasteiger charge is 2.40. The van der Waals surface area contributed by atoms with Gasteiger partial charge in [0.1, 0.15) is 0 Å². The number of nitrogens with one attached hydrogen (secondary N) is 1. The molecule has 0 saturated heterocycles. The molecule has 2 aliphatic carbocycles. The predicted molar refractivity (Wildman–Crippen MR) is 76.2 cm³/mol. The van der Waals surface area contributed by atoms with Crippen LogP contribution in [0.1, 0.15) is 36.8 Å². The minimum atomic E-state index is -3.20. The van der Waals surface area contributed by atoms with Gasteiger partial charge in [0.25, 0.3) is 0 Å². The first-order chi connectivity index (χ1) is 9.02. The Morgan fingerprint density at radius 2 is 1.89 bits per heavy atom. The molecule has 2 bridgehead atoms. The summed E-state index contributed by atoms with van der Waals surface area (Å²) >= 11 is 0. The van der Waals surface area contributed by atoms with Gasteiger partial charge < -0.3 is 0 Å². The van der Waals surface area contributed by atoms with Crippen molar-refractivity contribution in [2.45, 2.75) is 44.4 Å². The Kier molecular flexibility index (Phi) is 3.39. The van der Waals surface area contributed by atoms with Gasteiger partial charge in [-0.15, -0.1) is 0 Å². The maximum absolute atomic E-state index is 12.2. The Hall–Kier alpha value is -0.870. The van der Waals surface area contributed by atoms with E-state index >= 15 is 0 Å². The standard InChI is InChI=1S/C15H21NO2S/c1-11-2-4-12(5-3-11)10-19(17,18)16-15-9-13-6-7-14(15)8-13/h2-5,13-16H,6-10H2,1H3/t13-,14+,15-/m0/s1. The van der Waals surface area contributed by atoms with E-state index in [-0.39, 0.29) is 11.8 Å². The molecule has 2 aliphatic rings. The van der Waals surface area contributed by atoms with Gasteiger partial charge >= 0.3 is 0 Å². The van der Waals surface area contributed by atoms with Crippen molar-refractivity contribution in [1.82, 2.24) is 4.72 Å². The molecule has 0 amide bonds. The molecule has 3 atom stereocenters.